The molecule has 0 spiro atoms. The normalized spacial score (nSPS) is 10.8. The molecule has 1 aromatic heterocycles. The van der Waals surface area contributed by atoms with Crippen LogP contribution in [-0.4, -0.2) is 20.6 Å². The third-order valence-corrected chi connectivity index (χ3v) is 4.12. The van der Waals surface area contributed by atoms with Gasteiger partial charge in [-0.3, -0.25) is 14.2 Å². The van der Waals surface area contributed by atoms with Crippen LogP contribution in [0.1, 0.15) is 16.1 Å². The standard InChI is InChI=1S/C19H13F4N3O3/c1-26-17(14-11(21)3-2-4-12(14)22)25-15(16(27)19(26)29)18(28)24-8-9-5-6-10(20)7-13(9)23/h2-7,27H,8H2,1H3,(H,24,28). The van der Waals surface area contributed by atoms with Gasteiger partial charge in [-0.25, -0.2) is 22.5 Å². The van der Waals surface area contributed by atoms with Crippen LogP contribution >= 0.6 is 0 Å². The molecule has 3 rings (SSSR count). The second kappa shape index (κ2) is 7.74. The molecule has 0 unspecified atom stereocenters. The van der Waals surface area contributed by atoms with Crippen molar-refractivity contribution in [3.05, 3.63) is 81.3 Å². The fraction of sp³-hybridized carbons (Fsp3) is 0.105. The number of halogens is 4. The Hall–Kier alpha value is -3.69. The van der Waals surface area contributed by atoms with Crippen LogP contribution in [0.2, 0.25) is 0 Å². The summed E-state index contributed by atoms with van der Waals surface area (Å²) in [5, 5.41) is 12.2. The minimum atomic E-state index is -1.12. The fourth-order valence-electron chi connectivity index (χ4n) is 2.61. The van der Waals surface area contributed by atoms with Gasteiger partial charge in [0.1, 0.15) is 29.1 Å². The highest BCUT2D eigenvalue weighted by atomic mass is 19.1. The lowest BCUT2D eigenvalue weighted by Crippen LogP contribution is -2.29. The molecule has 150 valence electrons. The summed E-state index contributed by atoms with van der Waals surface area (Å²) in [6, 6.07) is 5.69. The van der Waals surface area contributed by atoms with E-state index in [0.29, 0.717) is 10.6 Å². The number of rotatable bonds is 4. The van der Waals surface area contributed by atoms with Crippen LogP contribution in [0.5, 0.6) is 5.75 Å². The van der Waals surface area contributed by atoms with Gasteiger partial charge in [-0.15, -0.1) is 0 Å². The first-order valence-corrected chi connectivity index (χ1v) is 8.17. The number of nitrogens with one attached hydrogen (secondary N) is 1. The molecule has 1 heterocycles. The molecule has 0 fully saturated rings. The first kappa shape index (κ1) is 20.1. The number of nitrogens with zero attached hydrogens (tertiary/aromatic N) is 2. The van der Waals surface area contributed by atoms with Crippen molar-refractivity contribution < 1.29 is 27.5 Å². The predicted octanol–water partition coefficient (Wildman–Crippen LogP) is 2.64. The zero-order chi connectivity index (χ0) is 21.3. The SMILES string of the molecule is Cn1c(-c2c(F)cccc2F)nc(C(=O)NCc2ccc(F)cc2F)c(O)c1=O. The topological polar surface area (TPSA) is 84.2 Å². The third-order valence-electron chi connectivity index (χ3n) is 4.12. The highest BCUT2D eigenvalue weighted by Gasteiger charge is 2.24. The summed E-state index contributed by atoms with van der Waals surface area (Å²) in [6.45, 7) is -0.412. The second-order valence-corrected chi connectivity index (χ2v) is 6.01. The van der Waals surface area contributed by atoms with Gasteiger partial charge in [0.2, 0.25) is 5.75 Å². The maximum Gasteiger partial charge on any atom is 0.296 e. The Bertz CT molecular complexity index is 1160. The second-order valence-electron chi connectivity index (χ2n) is 6.01. The molecule has 0 saturated heterocycles. The zero-order valence-corrected chi connectivity index (χ0v) is 14.8. The van der Waals surface area contributed by atoms with E-state index in [1.807, 2.05) is 0 Å². The summed E-state index contributed by atoms with van der Waals surface area (Å²) in [6.07, 6.45) is 0. The quantitative estimate of drug-likeness (QED) is 0.652. The number of amides is 1. The minimum Gasteiger partial charge on any atom is -0.501 e. The molecule has 0 atom stereocenters. The lowest BCUT2D eigenvalue weighted by molar-refractivity contribution is 0.0942. The van der Waals surface area contributed by atoms with Crippen LogP contribution in [0.3, 0.4) is 0 Å². The van der Waals surface area contributed by atoms with E-state index < -0.39 is 64.1 Å². The molecule has 2 N–H and O–H groups in total. The van der Waals surface area contributed by atoms with Crippen molar-refractivity contribution in [2.75, 3.05) is 0 Å². The summed E-state index contributed by atoms with van der Waals surface area (Å²) in [5.74, 6) is -6.45. The van der Waals surface area contributed by atoms with Gasteiger partial charge >= 0.3 is 0 Å². The van der Waals surface area contributed by atoms with E-state index in [4.69, 9.17) is 0 Å². The van der Waals surface area contributed by atoms with Gasteiger partial charge in [0.25, 0.3) is 11.5 Å². The lowest BCUT2D eigenvalue weighted by Gasteiger charge is -2.13. The Labute approximate surface area is 161 Å². The summed E-state index contributed by atoms with van der Waals surface area (Å²) in [5.41, 5.74) is -2.64. The smallest absolute Gasteiger partial charge is 0.296 e. The Morgan fingerprint density at radius 3 is 2.38 bits per heavy atom. The van der Waals surface area contributed by atoms with Crippen LogP contribution in [0, 0.1) is 23.3 Å². The predicted molar refractivity (Wildman–Crippen MR) is 94.0 cm³/mol. The molecule has 3 aromatic rings. The fourth-order valence-corrected chi connectivity index (χ4v) is 2.61. The minimum absolute atomic E-state index is 0.0663. The molecule has 29 heavy (non-hydrogen) atoms. The lowest BCUT2D eigenvalue weighted by atomic mass is 10.1. The van der Waals surface area contributed by atoms with Crippen molar-refractivity contribution in [1.29, 1.82) is 0 Å². The van der Waals surface area contributed by atoms with Crippen LogP contribution in [0.15, 0.2) is 41.2 Å². The van der Waals surface area contributed by atoms with Gasteiger partial charge in [-0.05, 0) is 18.2 Å². The summed E-state index contributed by atoms with van der Waals surface area (Å²) in [7, 11) is 1.12. The Balaban J connectivity index is 2.00. The molecule has 1 amide bonds. The highest BCUT2D eigenvalue weighted by molar-refractivity contribution is 5.95. The van der Waals surface area contributed by atoms with Crippen LogP contribution in [-0.2, 0) is 13.6 Å². The number of carbonyl (C=O) groups is 1. The number of hydrogen-bond acceptors (Lipinski definition) is 4. The third kappa shape index (κ3) is 3.82. The van der Waals surface area contributed by atoms with E-state index in [-0.39, 0.29) is 5.56 Å². The van der Waals surface area contributed by atoms with Crippen molar-refractivity contribution in [2.24, 2.45) is 7.05 Å². The molecule has 0 radical (unpaired) electrons. The molecule has 0 bridgehead atoms. The van der Waals surface area contributed by atoms with Crippen molar-refractivity contribution in [3.63, 3.8) is 0 Å². The number of carbonyl (C=O) groups excluding carboxylic acids is 1. The summed E-state index contributed by atoms with van der Waals surface area (Å²) in [4.78, 5) is 28.3. The number of aromatic nitrogens is 2. The summed E-state index contributed by atoms with van der Waals surface area (Å²) < 4.78 is 55.5. The Morgan fingerprint density at radius 2 is 1.76 bits per heavy atom. The maximum atomic E-state index is 14.1. The van der Waals surface area contributed by atoms with Crippen LogP contribution < -0.4 is 10.9 Å². The number of hydrogen-bond donors (Lipinski definition) is 2. The Kier molecular flexibility index (Phi) is 5.35. The van der Waals surface area contributed by atoms with E-state index >= 15 is 0 Å². The molecule has 0 saturated carbocycles. The summed E-state index contributed by atoms with van der Waals surface area (Å²) >= 11 is 0. The van der Waals surface area contributed by atoms with Crippen molar-refractivity contribution >= 4 is 5.91 Å². The van der Waals surface area contributed by atoms with E-state index in [2.05, 4.69) is 10.3 Å². The van der Waals surface area contributed by atoms with Crippen LogP contribution in [0.4, 0.5) is 17.6 Å². The van der Waals surface area contributed by atoms with Gasteiger partial charge in [0.15, 0.2) is 5.69 Å². The number of benzene rings is 2. The highest BCUT2D eigenvalue weighted by Crippen LogP contribution is 2.25. The van der Waals surface area contributed by atoms with E-state index in [1.54, 1.807) is 0 Å². The first-order valence-electron chi connectivity index (χ1n) is 8.17. The zero-order valence-electron chi connectivity index (χ0n) is 14.8. The molecular formula is C19H13F4N3O3. The molecule has 0 aliphatic heterocycles. The van der Waals surface area contributed by atoms with Crippen molar-refractivity contribution in [2.45, 2.75) is 6.54 Å². The van der Waals surface area contributed by atoms with Crippen LogP contribution in [0.25, 0.3) is 11.4 Å². The molecular weight excluding hydrogens is 394 g/mol. The van der Waals surface area contributed by atoms with Crippen molar-refractivity contribution in [3.8, 4) is 17.1 Å². The van der Waals surface area contributed by atoms with Gasteiger partial charge in [0.05, 0.1) is 5.56 Å². The molecule has 0 aliphatic carbocycles. The van der Waals surface area contributed by atoms with Gasteiger partial charge in [-0.1, -0.05) is 12.1 Å². The van der Waals surface area contributed by atoms with E-state index in [0.717, 1.165) is 37.4 Å². The number of aromatic hydroxyl groups is 1. The monoisotopic (exact) mass is 407 g/mol. The van der Waals surface area contributed by atoms with Gasteiger partial charge in [0, 0.05) is 25.2 Å². The Morgan fingerprint density at radius 1 is 1.10 bits per heavy atom. The largest absolute Gasteiger partial charge is 0.501 e. The average Bonchev–Trinajstić information content (AvgIpc) is 2.66. The molecule has 2 aromatic carbocycles. The maximum absolute atomic E-state index is 14.1. The average molecular weight is 407 g/mol. The van der Waals surface area contributed by atoms with E-state index in [9.17, 15) is 32.3 Å². The van der Waals surface area contributed by atoms with E-state index in [1.165, 1.54) is 0 Å². The first-order chi connectivity index (χ1) is 13.7. The van der Waals surface area contributed by atoms with Gasteiger partial charge < -0.3 is 10.4 Å². The van der Waals surface area contributed by atoms with Gasteiger partial charge in [-0.2, -0.15) is 0 Å². The molecule has 10 heteroatoms. The molecule has 6 nitrogen and oxygen atoms in total. The molecule has 0 aliphatic rings. The van der Waals surface area contributed by atoms with Crippen molar-refractivity contribution in [1.82, 2.24) is 14.9 Å².